The van der Waals surface area contributed by atoms with Gasteiger partial charge in [-0.3, -0.25) is 25.8 Å². The average molecular weight is 896 g/mol. The number of ketones is 1. The van der Waals surface area contributed by atoms with Gasteiger partial charge in [0, 0.05) is 54.6 Å². The SMILES string of the molecule is CC(CCC(=O)CCC(C)SSC(C)CCC(=O)ON1C(=O)[CH-]CC1=O)Oc1ccc(-c2cnc(N)c(C(=O)Nc3cnccc3N3CCOCC3)n2)cc1.O=S(=O)=O.[Na+]. The van der Waals surface area contributed by atoms with E-state index in [1.807, 2.05) is 44.2 Å². The van der Waals surface area contributed by atoms with Crippen LogP contribution in [0.25, 0.3) is 11.3 Å². The smallest absolute Gasteiger partial charge is 0.491 e. The van der Waals surface area contributed by atoms with Crippen molar-refractivity contribution in [3.8, 4) is 17.0 Å². The fourth-order valence-corrected chi connectivity index (χ4v) is 8.14. The van der Waals surface area contributed by atoms with E-state index in [-0.39, 0.29) is 76.3 Å². The van der Waals surface area contributed by atoms with Crippen molar-refractivity contribution in [1.82, 2.24) is 20.0 Å². The number of carbonyl (C=O) groups excluding carboxylic acids is 5. The maximum Gasteiger partial charge on any atom is 1.00 e. The van der Waals surface area contributed by atoms with Crippen LogP contribution in [0, 0.1) is 6.42 Å². The Labute approximate surface area is 379 Å². The van der Waals surface area contributed by atoms with E-state index in [0.29, 0.717) is 74.2 Å². The Morgan fingerprint density at radius 2 is 1.58 bits per heavy atom. The molecular formula is C38H46N7NaO11S3. The molecule has 318 valence electrons. The third kappa shape index (κ3) is 16.7. The van der Waals surface area contributed by atoms with Gasteiger partial charge in [-0.1, -0.05) is 41.9 Å². The second-order valence-electron chi connectivity index (χ2n) is 13.5. The normalized spacial score (nSPS) is 15.0. The second kappa shape index (κ2) is 25.5. The van der Waals surface area contributed by atoms with Crippen molar-refractivity contribution in [2.45, 2.75) is 82.3 Å². The van der Waals surface area contributed by atoms with Gasteiger partial charge in [0.05, 0.1) is 48.8 Å². The maximum absolute atomic E-state index is 13.3. The summed E-state index contributed by atoms with van der Waals surface area (Å²) < 4.78 is 36.9. The van der Waals surface area contributed by atoms with Crippen LogP contribution in [-0.4, -0.2) is 105 Å². The van der Waals surface area contributed by atoms with Crippen molar-refractivity contribution in [3.63, 3.8) is 0 Å². The summed E-state index contributed by atoms with van der Waals surface area (Å²) in [7, 11) is 0.192. The molecule has 2 aromatic heterocycles. The molecule has 0 radical (unpaired) electrons. The zero-order chi connectivity index (χ0) is 42.9. The number of hydrogen-bond donors (Lipinski definition) is 2. The molecule has 4 heterocycles. The molecule has 3 unspecified atom stereocenters. The first kappa shape index (κ1) is 50.1. The number of Topliss-reactive ketones (excluding diaryl/α,β-unsaturated/α-hetero) is 1. The number of aromatic nitrogens is 3. The summed E-state index contributed by atoms with van der Waals surface area (Å²) in [5.41, 5.74) is 8.66. The number of imide groups is 1. The van der Waals surface area contributed by atoms with Crippen molar-refractivity contribution in [1.29, 1.82) is 0 Å². The molecule has 1 aromatic carbocycles. The number of nitrogen functional groups attached to an aromatic ring is 1. The van der Waals surface area contributed by atoms with Crippen LogP contribution in [0.1, 0.15) is 76.2 Å². The first-order valence-corrected chi connectivity index (χ1v) is 22.0. The minimum atomic E-state index is -3.11. The Hall–Kier alpha value is -4.25. The molecule has 0 bridgehead atoms. The fraction of sp³-hybridized carbons (Fsp3) is 0.447. The summed E-state index contributed by atoms with van der Waals surface area (Å²) in [6.45, 7) is 8.58. The fourth-order valence-electron chi connectivity index (χ4n) is 5.61. The standard InChI is InChI=1S/C38H46N7O8S2.Na.O3S/c1-24(4-9-28(46)10-5-25(2)54-55-26(3)6-15-35(49)53-45-33(47)13-14-34(45)48)52-29-11-7-27(8-12-29)30-23-41-37(39)36(42-30)38(50)43-31-22-40-17-16-32(31)44-18-20-51-21-19-44;;1-4(2)3/h7-8,11-13,16-17,22-26H,4-6,9-10,14-15,18-21H2,1-3H3,(H2,39,41)(H,43,50);;/q-1;+1;. The number of benzene rings is 1. The Morgan fingerprint density at radius 1 is 0.950 bits per heavy atom. The van der Waals surface area contributed by atoms with E-state index in [1.54, 1.807) is 34.0 Å². The van der Waals surface area contributed by atoms with E-state index < -0.39 is 34.3 Å². The number of hydrogen-bond acceptors (Lipinski definition) is 18. The molecule has 2 fully saturated rings. The monoisotopic (exact) mass is 895 g/mol. The number of nitrogens with two attached hydrogens (primary N) is 1. The van der Waals surface area contributed by atoms with Crippen LogP contribution in [-0.2, 0) is 39.4 Å². The molecule has 5 rings (SSSR count). The van der Waals surface area contributed by atoms with Crippen molar-refractivity contribution in [2.75, 3.05) is 42.3 Å². The van der Waals surface area contributed by atoms with Gasteiger partial charge in [-0.25, -0.2) is 14.8 Å². The Bertz CT molecular complexity index is 2040. The van der Waals surface area contributed by atoms with Gasteiger partial charge in [0.1, 0.15) is 17.4 Å². The van der Waals surface area contributed by atoms with Crippen LogP contribution >= 0.6 is 21.6 Å². The second-order valence-corrected chi connectivity index (χ2v) is 17.0. The number of nitrogens with zero attached hydrogens (tertiary/aromatic N) is 5. The first-order valence-electron chi connectivity index (χ1n) is 18.7. The Kier molecular flexibility index (Phi) is 21.3. The number of ether oxygens (including phenoxy) is 2. The summed E-state index contributed by atoms with van der Waals surface area (Å²) >= 11 is 0. The van der Waals surface area contributed by atoms with Crippen LogP contribution in [0.5, 0.6) is 5.75 Å². The van der Waals surface area contributed by atoms with E-state index in [0.717, 1.165) is 17.7 Å². The van der Waals surface area contributed by atoms with Crippen LogP contribution in [0.4, 0.5) is 17.2 Å². The van der Waals surface area contributed by atoms with Crippen molar-refractivity contribution < 1.29 is 80.5 Å². The van der Waals surface area contributed by atoms with Gasteiger partial charge in [-0.05, 0) is 56.5 Å². The topological polar surface area (TPSA) is 247 Å². The summed E-state index contributed by atoms with van der Waals surface area (Å²) in [5, 5.41) is 3.78. The molecule has 3 N–H and O–H groups in total. The Morgan fingerprint density at radius 3 is 2.22 bits per heavy atom. The summed E-state index contributed by atoms with van der Waals surface area (Å²) in [6.07, 6.45) is 8.51. The Balaban J connectivity index is 0.00000184. The largest absolute Gasteiger partial charge is 1.00 e. The van der Waals surface area contributed by atoms with Crippen molar-refractivity contribution >= 4 is 78.9 Å². The molecule has 2 aliphatic rings. The molecule has 18 nitrogen and oxygen atoms in total. The summed E-state index contributed by atoms with van der Waals surface area (Å²) in [4.78, 5) is 81.1. The van der Waals surface area contributed by atoms with Gasteiger partial charge in [-0.15, -0.1) is 17.7 Å². The number of morpholine rings is 1. The molecule has 2 aliphatic heterocycles. The number of amides is 3. The van der Waals surface area contributed by atoms with Gasteiger partial charge in [-0.2, -0.15) is 0 Å². The molecule has 2 saturated heterocycles. The molecule has 3 aromatic rings. The third-order valence-corrected chi connectivity index (χ3v) is 12.3. The number of pyridine rings is 1. The van der Waals surface area contributed by atoms with Crippen LogP contribution in [0.15, 0.2) is 48.9 Å². The third-order valence-electron chi connectivity index (χ3n) is 8.77. The van der Waals surface area contributed by atoms with Crippen LogP contribution in [0.2, 0.25) is 0 Å². The minimum Gasteiger partial charge on any atom is -0.491 e. The maximum atomic E-state index is 13.3. The summed E-state index contributed by atoms with van der Waals surface area (Å²) in [5.74, 6) is -1.45. The zero-order valence-corrected chi connectivity index (χ0v) is 38.2. The van der Waals surface area contributed by atoms with Gasteiger partial charge < -0.3 is 35.1 Å². The van der Waals surface area contributed by atoms with E-state index in [1.165, 1.54) is 12.6 Å². The molecule has 22 heteroatoms. The van der Waals surface area contributed by atoms with Gasteiger partial charge in [0.25, 0.3) is 5.91 Å². The van der Waals surface area contributed by atoms with Gasteiger partial charge in [0.2, 0.25) is 5.91 Å². The minimum absolute atomic E-state index is 0. The first-order chi connectivity index (χ1) is 28.2. The average Bonchev–Trinajstić information content (AvgIpc) is 3.53. The molecule has 60 heavy (non-hydrogen) atoms. The van der Waals surface area contributed by atoms with Crippen LogP contribution < -0.4 is 50.2 Å². The van der Waals surface area contributed by atoms with E-state index in [2.05, 4.69) is 32.1 Å². The molecule has 3 atom stereocenters. The number of carbonyl (C=O) groups is 5. The number of hydroxylamine groups is 2. The number of nitrogens with one attached hydrogen (secondary N) is 1. The summed E-state index contributed by atoms with van der Waals surface area (Å²) in [6, 6.07) is 9.12. The molecular weight excluding hydrogens is 850 g/mol. The van der Waals surface area contributed by atoms with Crippen molar-refractivity contribution in [3.05, 3.63) is 61.0 Å². The van der Waals surface area contributed by atoms with Gasteiger partial charge in [0.15, 0.2) is 11.5 Å². The molecule has 0 saturated carbocycles. The quantitative estimate of drug-likeness (QED) is 0.0748. The number of anilines is 3. The van der Waals surface area contributed by atoms with Crippen LogP contribution in [0.3, 0.4) is 0 Å². The zero-order valence-electron chi connectivity index (χ0n) is 33.7. The molecule has 0 spiro atoms. The van der Waals surface area contributed by atoms with E-state index in [9.17, 15) is 24.0 Å². The van der Waals surface area contributed by atoms with Crippen molar-refractivity contribution in [2.24, 2.45) is 0 Å². The number of rotatable bonds is 19. The van der Waals surface area contributed by atoms with E-state index >= 15 is 0 Å². The molecule has 0 aliphatic carbocycles. The molecule has 3 amide bonds. The van der Waals surface area contributed by atoms with E-state index in [4.69, 9.17) is 32.7 Å². The predicted octanol–water partition coefficient (Wildman–Crippen LogP) is 1.47. The van der Waals surface area contributed by atoms with Gasteiger partial charge >= 0.3 is 46.1 Å². The predicted molar refractivity (Wildman–Crippen MR) is 221 cm³/mol.